The summed E-state index contributed by atoms with van der Waals surface area (Å²) in [6, 6.07) is 12.5. The molecule has 2 aromatic carbocycles. The van der Waals surface area contributed by atoms with Crippen LogP contribution in [0.2, 0.25) is 0 Å². The van der Waals surface area contributed by atoms with E-state index in [9.17, 15) is 25.9 Å². The molecule has 0 aliphatic carbocycles. The third kappa shape index (κ3) is 15.6. The molecule has 6 nitrogen and oxygen atoms in total. The summed E-state index contributed by atoms with van der Waals surface area (Å²) >= 11 is 0. The smallest absolute Gasteiger partial charge is 0.744 e. The van der Waals surface area contributed by atoms with Crippen molar-refractivity contribution < 1.29 is 45.4 Å². The first-order chi connectivity index (χ1) is 16.1. The van der Waals surface area contributed by atoms with Crippen LogP contribution < -0.4 is 0 Å². The van der Waals surface area contributed by atoms with Crippen molar-refractivity contribution in [2.24, 2.45) is 0 Å². The maximum atomic E-state index is 10.7. The fourth-order valence-electron chi connectivity index (χ4n) is 3.51. The first kappa shape index (κ1) is 33.9. The average molecular weight is 576 g/mol. The van der Waals surface area contributed by atoms with E-state index in [0.717, 1.165) is 36.8 Å². The topological polar surface area (TPSA) is 114 Å². The Morgan fingerprint density at radius 2 is 0.800 bits per heavy atom. The maximum Gasteiger partial charge on any atom is 2.00 e. The van der Waals surface area contributed by atoms with Crippen molar-refractivity contribution in [3.05, 3.63) is 59.7 Å². The van der Waals surface area contributed by atoms with Crippen LogP contribution in [0.3, 0.4) is 0 Å². The van der Waals surface area contributed by atoms with Crippen molar-refractivity contribution in [1.29, 1.82) is 0 Å². The molecule has 2 rings (SSSR count). The molecule has 0 aliphatic heterocycles. The van der Waals surface area contributed by atoms with E-state index >= 15 is 0 Å². The Hall–Kier alpha value is -1.12. The number of rotatable bonds is 14. The third-order valence-corrected chi connectivity index (χ3v) is 7.26. The largest absolute Gasteiger partial charge is 2.00 e. The SMILES string of the molecule is CCCCCCCc1ccc(S(=O)(=O)[O-])cc1.CCCCCCCc1ccc(S(=O)(=O)[O-])cc1.[Zn+2]. The number of hydrogen-bond acceptors (Lipinski definition) is 6. The van der Waals surface area contributed by atoms with Crippen LogP contribution in [-0.4, -0.2) is 25.9 Å². The molecule has 0 aliphatic rings. The minimum Gasteiger partial charge on any atom is -0.744 e. The van der Waals surface area contributed by atoms with E-state index in [1.54, 1.807) is 24.3 Å². The molecular formula is C26H38O6S2Zn. The van der Waals surface area contributed by atoms with Crippen molar-refractivity contribution in [2.75, 3.05) is 0 Å². The van der Waals surface area contributed by atoms with Crippen LogP contribution in [0.4, 0.5) is 0 Å². The molecule has 0 spiro atoms. The summed E-state index contributed by atoms with van der Waals surface area (Å²) in [6.45, 7) is 4.37. The van der Waals surface area contributed by atoms with Gasteiger partial charge in [0.15, 0.2) is 0 Å². The third-order valence-electron chi connectivity index (χ3n) is 5.56. The molecule has 35 heavy (non-hydrogen) atoms. The number of hydrogen-bond donors (Lipinski definition) is 0. The van der Waals surface area contributed by atoms with Gasteiger partial charge in [-0.15, -0.1) is 0 Å². The van der Waals surface area contributed by atoms with Gasteiger partial charge in [-0.2, -0.15) is 0 Å². The number of unbranched alkanes of at least 4 members (excludes halogenated alkanes) is 8. The van der Waals surface area contributed by atoms with Gasteiger partial charge in [0, 0.05) is 0 Å². The van der Waals surface area contributed by atoms with Crippen molar-refractivity contribution in [2.45, 2.75) is 101 Å². The van der Waals surface area contributed by atoms with Gasteiger partial charge in [-0.3, -0.25) is 0 Å². The fourth-order valence-corrected chi connectivity index (χ4v) is 4.45. The number of benzene rings is 2. The van der Waals surface area contributed by atoms with Gasteiger partial charge >= 0.3 is 19.5 Å². The van der Waals surface area contributed by atoms with Crippen LogP contribution in [0.25, 0.3) is 0 Å². The predicted octanol–water partition coefficient (Wildman–Crippen LogP) is 6.20. The Morgan fingerprint density at radius 1 is 0.514 bits per heavy atom. The summed E-state index contributed by atoms with van der Waals surface area (Å²) in [5, 5.41) is 0. The van der Waals surface area contributed by atoms with Gasteiger partial charge in [0.1, 0.15) is 20.2 Å². The van der Waals surface area contributed by atoms with Crippen molar-refractivity contribution >= 4 is 20.2 Å². The van der Waals surface area contributed by atoms with E-state index in [4.69, 9.17) is 0 Å². The molecule has 0 fully saturated rings. The summed E-state index contributed by atoms with van der Waals surface area (Å²) < 4.78 is 64.3. The van der Waals surface area contributed by atoms with Gasteiger partial charge in [0.2, 0.25) is 0 Å². The molecular weight excluding hydrogens is 538 g/mol. The van der Waals surface area contributed by atoms with Crippen molar-refractivity contribution in [3.63, 3.8) is 0 Å². The molecule has 0 amide bonds. The predicted molar refractivity (Wildman–Crippen MR) is 134 cm³/mol. The maximum absolute atomic E-state index is 10.7. The van der Waals surface area contributed by atoms with E-state index in [0.29, 0.717) is 0 Å². The summed E-state index contributed by atoms with van der Waals surface area (Å²) in [4.78, 5) is -0.292. The molecule has 0 saturated carbocycles. The van der Waals surface area contributed by atoms with Crippen molar-refractivity contribution in [1.82, 2.24) is 0 Å². The van der Waals surface area contributed by atoms with E-state index in [2.05, 4.69) is 13.8 Å². The second-order valence-electron chi connectivity index (χ2n) is 8.52. The first-order valence-corrected chi connectivity index (χ1v) is 15.0. The second kappa shape index (κ2) is 18.2. The molecule has 2 aromatic rings. The standard InChI is InChI=1S/2C13H20O3S.Zn/c2*1-2-3-4-5-6-7-12-8-10-13(11-9-12)17(14,15)16;/h2*8-11H,2-7H2,1H3,(H,14,15,16);/q;;+2/p-2. The van der Waals surface area contributed by atoms with Crippen LogP contribution >= 0.6 is 0 Å². The van der Waals surface area contributed by atoms with E-state index in [-0.39, 0.29) is 29.3 Å². The Kier molecular flexibility index (Phi) is 17.6. The molecule has 0 bridgehead atoms. The van der Waals surface area contributed by atoms with Gasteiger partial charge in [-0.25, -0.2) is 16.8 Å². The normalized spacial score (nSPS) is 11.3. The Bertz CT molecular complexity index is 933. The number of aryl methyl sites for hydroxylation is 2. The average Bonchev–Trinajstić information content (AvgIpc) is 2.79. The van der Waals surface area contributed by atoms with E-state index < -0.39 is 20.2 Å². The Balaban J connectivity index is 0.000000642. The second-order valence-corrected chi connectivity index (χ2v) is 11.3. The van der Waals surface area contributed by atoms with Gasteiger partial charge in [0.25, 0.3) is 0 Å². The zero-order valence-electron chi connectivity index (χ0n) is 21.1. The minimum atomic E-state index is -4.30. The monoisotopic (exact) mass is 574 g/mol. The van der Waals surface area contributed by atoms with Gasteiger partial charge in [0.05, 0.1) is 9.79 Å². The molecule has 0 N–H and O–H groups in total. The zero-order chi connectivity index (χ0) is 25.5. The molecule has 0 heterocycles. The van der Waals surface area contributed by atoms with Crippen LogP contribution in [0.5, 0.6) is 0 Å². The Labute approximate surface area is 225 Å². The summed E-state index contributed by atoms with van der Waals surface area (Å²) in [6.07, 6.45) is 14.0. The summed E-state index contributed by atoms with van der Waals surface area (Å²) in [5.74, 6) is 0. The van der Waals surface area contributed by atoms with Crippen LogP contribution in [0.1, 0.15) is 89.2 Å². The van der Waals surface area contributed by atoms with Crippen LogP contribution in [0.15, 0.2) is 58.3 Å². The molecule has 0 atom stereocenters. The van der Waals surface area contributed by atoms with Crippen LogP contribution in [0, 0.1) is 0 Å². The summed E-state index contributed by atoms with van der Waals surface area (Å²) in [5.41, 5.74) is 2.18. The molecule has 0 aromatic heterocycles. The quantitative estimate of drug-likeness (QED) is 0.150. The van der Waals surface area contributed by atoms with E-state index in [1.165, 1.54) is 75.6 Å². The van der Waals surface area contributed by atoms with Gasteiger partial charge < -0.3 is 9.11 Å². The summed E-state index contributed by atoms with van der Waals surface area (Å²) in [7, 11) is -8.60. The Morgan fingerprint density at radius 3 is 1.06 bits per heavy atom. The minimum absolute atomic E-state index is 0. The first-order valence-electron chi connectivity index (χ1n) is 12.2. The zero-order valence-corrected chi connectivity index (χ0v) is 25.7. The van der Waals surface area contributed by atoms with Crippen molar-refractivity contribution in [3.8, 4) is 0 Å². The van der Waals surface area contributed by atoms with Gasteiger partial charge in [-0.05, 0) is 61.1 Å². The molecule has 0 radical (unpaired) electrons. The fraction of sp³-hybridized carbons (Fsp3) is 0.538. The molecule has 192 valence electrons. The molecule has 0 saturated heterocycles. The molecule has 0 unspecified atom stereocenters. The van der Waals surface area contributed by atoms with Gasteiger partial charge in [-0.1, -0.05) is 89.5 Å². The molecule has 9 heteroatoms. The van der Waals surface area contributed by atoms with Crippen LogP contribution in [-0.2, 0) is 52.6 Å². The van der Waals surface area contributed by atoms with E-state index in [1.807, 2.05) is 0 Å².